The molecule has 0 aliphatic carbocycles. The van der Waals surface area contributed by atoms with Gasteiger partial charge in [0.05, 0.1) is 0 Å². The number of rotatable bonds is 9. The van der Waals surface area contributed by atoms with Crippen LogP contribution in [0, 0.1) is 10.8 Å². The second-order valence-electron chi connectivity index (χ2n) is 6.76. The van der Waals surface area contributed by atoms with Crippen LogP contribution in [0.1, 0.15) is 73.1 Å². The Labute approximate surface area is 108 Å². The van der Waals surface area contributed by atoms with Gasteiger partial charge in [-0.2, -0.15) is 0 Å². The maximum atomic E-state index is 12.0. The van der Waals surface area contributed by atoms with Crippen LogP contribution in [0.4, 0.5) is 0 Å². The van der Waals surface area contributed by atoms with E-state index in [4.69, 9.17) is 0 Å². The average Bonchev–Trinajstić information content (AvgIpc) is 2.16. The second kappa shape index (κ2) is 6.98. The maximum Gasteiger partial charge on any atom is 0.133 e. The van der Waals surface area contributed by atoms with Crippen LogP contribution >= 0.6 is 0 Å². The first-order chi connectivity index (χ1) is 7.72. The molecule has 0 spiro atoms. The molecule has 0 bridgehead atoms. The van der Waals surface area contributed by atoms with Crippen LogP contribution in [0.2, 0.25) is 0 Å². The molecule has 0 rings (SSSR count). The molecular weight excluding hydrogens is 208 g/mol. The molecule has 100 valence electrons. The van der Waals surface area contributed by atoms with Gasteiger partial charge in [0.15, 0.2) is 0 Å². The summed E-state index contributed by atoms with van der Waals surface area (Å²) in [5.74, 6) is 0.417. The molecule has 17 heavy (non-hydrogen) atoms. The van der Waals surface area contributed by atoms with E-state index in [2.05, 4.69) is 41.2 Å². The monoisotopic (exact) mass is 238 g/mol. The molecule has 0 radical (unpaired) electrons. The van der Waals surface area contributed by atoms with Gasteiger partial charge in [0, 0.05) is 12.8 Å². The highest BCUT2D eigenvalue weighted by Crippen LogP contribution is 2.32. The number of ketones is 1. The minimum atomic E-state index is 0.143. The largest absolute Gasteiger partial charge is 0.300 e. The van der Waals surface area contributed by atoms with E-state index < -0.39 is 0 Å². The van der Waals surface area contributed by atoms with Crippen molar-refractivity contribution in [1.29, 1.82) is 0 Å². The van der Waals surface area contributed by atoms with Crippen molar-refractivity contribution >= 4 is 5.78 Å². The predicted octanol–water partition coefficient (Wildman–Crippen LogP) is 5.15. The Bertz CT molecular complexity index is 248. The molecule has 1 heteroatoms. The molecule has 0 heterocycles. The summed E-state index contributed by atoms with van der Waals surface area (Å²) in [5.41, 5.74) is 0.304. The van der Waals surface area contributed by atoms with Gasteiger partial charge in [0.2, 0.25) is 0 Å². The Balaban J connectivity index is 4.13. The Morgan fingerprint density at radius 3 is 2.12 bits per heavy atom. The van der Waals surface area contributed by atoms with Crippen molar-refractivity contribution in [2.45, 2.75) is 73.1 Å². The van der Waals surface area contributed by atoms with Crippen LogP contribution in [0.25, 0.3) is 0 Å². The van der Waals surface area contributed by atoms with E-state index in [1.54, 1.807) is 0 Å². The molecule has 0 N–H and O–H groups in total. The summed E-state index contributed by atoms with van der Waals surface area (Å²) in [4.78, 5) is 12.0. The molecule has 0 saturated heterocycles. The van der Waals surface area contributed by atoms with Crippen molar-refractivity contribution in [3.05, 3.63) is 12.7 Å². The lowest BCUT2D eigenvalue weighted by atomic mass is 9.77. The molecular formula is C16H30O. The van der Waals surface area contributed by atoms with Crippen molar-refractivity contribution in [2.75, 3.05) is 0 Å². The van der Waals surface area contributed by atoms with E-state index in [-0.39, 0.29) is 10.8 Å². The van der Waals surface area contributed by atoms with Crippen molar-refractivity contribution in [1.82, 2.24) is 0 Å². The lowest BCUT2D eigenvalue weighted by Crippen LogP contribution is -2.22. The van der Waals surface area contributed by atoms with Gasteiger partial charge in [-0.25, -0.2) is 0 Å². The number of carbonyl (C=O) groups is 1. The number of allylic oxidation sites excluding steroid dienone is 1. The first-order valence-corrected chi connectivity index (χ1v) is 6.85. The minimum absolute atomic E-state index is 0.143. The van der Waals surface area contributed by atoms with Crippen LogP contribution in [0.5, 0.6) is 0 Å². The summed E-state index contributed by atoms with van der Waals surface area (Å²) in [5, 5.41) is 0. The maximum absolute atomic E-state index is 12.0. The van der Waals surface area contributed by atoms with E-state index in [1.807, 2.05) is 6.08 Å². The predicted molar refractivity (Wildman–Crippen MR) is 76.1 cm³/mol. The third-order valence-electron chi connectivity index (χ3n) is 3.57. The Kier molecular flexibility index (Phi) is 6.74. The summed E-state index contributed by atoms with van der Waals surface area (Å²) in [6, 6.07) is 0. The number of hydrogen-bond acceptors (Lipinski definition) is 1. The van der Waals surface area contributed by atoms with E-state index >= 15 is 0 Å². The smallest absolute Gasteiger partial charge is 0.133 e. The zero-order valence-electron chi connectivity index (χ0n) is 12.4. The van der Waals surface area contributed by atoms with Gasteiger partial charge >= 0.3 is 0 Å². The molecule has 0 aromatic heterocycles. The molecule has 0 aliphatic rings. The Hall–Kier alpha value is -0.590. The third kappa shape index (κ3) is 8.18. The molecule has 0 atom stereocenters. The molecule has 0 aliphatic heterocycles. The van der Waals surface area contributed by atoms with Crippen LogP contribution in [-0.4, -0.2) is 5.78 Å². The van der Waals surface area contributed by atoms with Gasteiger partial charge in [-0.3, -0.25) is 4.79 Å². The molecule has 0 aromatic carbocycles. The zero-order valence-corrected chi connectivity index (χ0v) is 12.4. The third-order valence-corrected chi connectivity index (χ3v) is 3.57. The minimum Gasteiger partial charge on any atom is -0.300 e. The standard InChI is InChI=1S/C16H30O/c1-7-9-10-11-16(5,6)13-14(17)12-15(3,4)8-2/h7H,1,8-13H2,2-6H3. The second-order valence-corrected chi connectivity index (χ2v) is 6.76. The van der Waals surface area contributed by atoms with E-state index in [1.165, 1.54) is 0 Å². The fourth-order valence-electron chi connectivity index (χ4n) is 2.07. The van der Waals surface area contributed by atoms with Crippen LogP contribution in [0.3, 0.4) is 0 Å². The lowest BCUT2D eigenvalue weighted by Gasteiger charge is -2.27. The normalized spacial score (nSPS) is 12.5. The molecule has 1 nitrogen and oxygen atoms in total. The fraction of sp³-hybridized carbons (Fsp3) is 0.812. The molecule has 0 saturated carbocycles. The number of hydrogen-bond donors (Lipinski definition) is 0. The molecule has 0 aromatic rings. The SMILES string of the molecule is C=CCCCC(C)(C)CC(=O)CC(C)(C)CC. The Morgan fingerprint density at radius 1 is 1.12 bits per heavy atom. The molecule has 0 fully saturated rings. The van der Waals surface area contributed by atoms with Crippen LogP contribution in [0.15, 0.2) is 12.7 Å². The summed E-state index contributed by atoms with van der Waals surface area (Å²) in [7, 11) is 0. The van der Waals surface area contributed by atoms with Crippen LogP contribution in [-0.2, 0) is 4.79 Å². The van der Waals surface area contributed by atoms with Crippen LogP contribution < -0.4 is 0 Å². The topological polar surface area (TPSA) is 17.1 Å². The Morgan fingerprint density at radius 2 is 1.65 bits per heavy atom. The van der Waals surface area contributed by atoms with Gasteiger partial charge in [-0.05, 0) is 30.1 Å². The lowest BCUT2D eigenvalue weighted by molar-refractivity contribution is -0.123. The quantitative estimate of drug-likeness (QED) is 0.401. The van der Waals surface area contributed by atoms with Gasteiger partial charge in [-0.15, -0.1) is 6.58 Å². The first-order valence-electron chi connectivity index (χ1n) is 6.85. The van der Waals surface area contributed by atoms with Gasteiger partial charge in [0.1, 0.15) is 5.78 Å². The van der Waals surface area contributed by atoms with E-state index in [9.17, 15) is 4.79 Å². The summed E-state index contributed by atoms with van der Waals surface area (Å²) in [6.07, 6.45) is 7.76. The average molecular weight is 238 g/mol. The van der Waals surface area contributed by atoms with Crippen molar-refractivity contribution in [3.63, 3.8) is 0 Å². The highest BCUT2D eigenvalue weighted by Gasteiger charge is 2.25. The zero-order chi connectivity index (χ0) is 13.5. The number of carbonyl (C=O) groups excluding carboxylic acids is 1. The number of unbranched alkanes of at least 4 members (excludes halogenated alkanes) is 1. The van der Waals surface area contributed by atoms with Gasteiger partial charge in [0.25, 0.3) is 0 Å². The highest BCUT2D eigenvalue weighted by atomic mass is 16.1. The van der Waals surface area contributed by atoms with E-state index in [0.29, 0.717) is 18.6 Å². The van der Waals surface area contributed by atoms with E-state index in [0.717, 1.165) is 25.7 Å². The van der Waals surface area contributed by atoms with Crippen molar-refractivity contribution in [3.8, 4) is 0 Å². The molecule has 0 unspecified atom stereocenters. The van der Waals surface area contributed by atoms with Crippen molar-refractivity contribution < 1.29 is 4.79 Å². The number of Topliss-reactive ketones (excluding diaryl/α,β-unsaturated/α-hetero) is 1. The summed E-state index contributed by atoms with van der Waals surface area (Å²) < 4.78 is 0. The summed E-state index contributed by atoms with van der Waals surface area (Å²) in [6.45, 7) is 14.6. The van der Waals surface area contributed by atoms with Crippen molar-refractivity contribution in [2.24, 2.45) is 10.8 Å². The summed E-state index contributed by atoms with van der Waals surface area (Å²) >= 11 is 0. The van der Waals surface area contributed by atoms with Gasteiger partial charge in [-0.1, -0.05) is 47.1 Å². The molecule has 0 amide bonds. The first kappa shape index (κ1) is 16.4. The highest BCUT2D eigenvalue weighted by molar-refractivity contribution is 5.79. The van der Waals surface area contributed by atoms with Gasteiger partial charge < -0.3 is 0 Å². The fourth-order valence-corrected chi connectivity index (χ4v) is 2.07.